The first-order chi connectivity index (χ1) is 20.2. The van der Waals surface area contributed by atoms with Gasteiger partial charge < -0.3 is 39.9 Å². The molecule has 0 aliphatic carbocycles. The molecule has 4 aliphatic rings. The molecule has 9 nitrogen and oxygen atoms in total. The number of rotatable bonds is 12. The molecule has 0 aromatic heterocycles. The summed E-state index contributed by atoms with van der Waals surface area (Å²) in [6.07, 6.45) is 11.1. The standard InChI is InChI=1S/C16H24INO4.C15H24INO3.B.Li.H/c1-11(18-2)8-12-4-6-14-16(10-17,22-12)9-13(21-14)5-7-15(19)20-3;1-11(17-2)8-12-5-6-14-15(10-16,20-12)9-13(19-14)4-3-7-18;;;/h11-14H,4-10H2,1,3H3;11-14,18H,3-10H2,1H3;;;/q;;;+1;-1/t11-,12-,13+,14+,16-;11-,12-,13+,14+,15-;;;/m11.../s1. The second-order valence-electron chi connectivity index (χ2n) is 12.3. The van der Waals surface area contributed by atoms with Gasteiger partial charge in [0.2, 0.25) is 12.1 Å². The third-order valence-electron chi connectivity index (χ3n) is 9.02. The molecule has 13 heteroatoms. The average molecular weight is 833 g/mol. The van der Waals surface area contributed by atoms with Gasteiger partial charge in [-0.25, -0.2) is 13.1 Å². The van der Waals surface area contributed by atoms with E-state index in [2.05, 4.69) is 54.9 Å². The Morgan fingerprint density at radius 2 is 1.36 bits per heavy atom. The SMILES string of the molecule is [B].[C-]#[N+][C@H](C)C[C@H]1CC[C@@H]2O[C@@H](CCC(=O)OC)C[C@]2(CI)O1.[C-]#[N+][C@H](C)C[C@H]1CC[C@@H]2O[C@@H](CCCO)C[C@]2(CI)O1.[H-].[Li+]. The van der Waals surface area contributed by atoms with Gasteiger partial charge in [0, 0.05) is 69.8 Å². The number of halogens is 2. The zero-order valence-electron chi connectivity index (χ0n) is 27.8. The van der Waals surface area contributed by atoms with Gasteiger partial charge in [-0.15, -0.1) is 0 Å². The second-order valence-corrected chi connectivity index (χ2v) is 13.9. The Morgan fingerprint density at radius 1 is 0.909 bits per heavy atom. The molecule has 0 saturated carbocycles. The quantitative estimate of drug-likeness (QED) is 0.107. The summed E-state index contributed by atoms with van der Waals surface area (Å²) in [4.78, 5) is 18.5. The molecule has 0 bridgehead atoms. The summed E-state index contributed by atoms with van der Waals surface area (Å²) in [5, 5.41) is 8.96. The van der Waals surface area contributed by atoms with Crippen molar-refractivity contribution >= 4 is 59.6 Å². The Bertz CT molecular complexity index is 966. The Kier molecular flexibility index (Phi) is 19.9. The largest absolute Gasteiger partial charge is 1.00 e. The minimum Gasteiger partial charge on any atom is -1.00 e. The van der Waals surface area contributed by atoms with Crippen LogP contribution in [0.5, 0.6) is 0 Å². The van der Waals surface area contributed by atoms with Crippen molar-refractivity contribution in [3.05, 3.63) is 22.8 Å². The Balaban J connectivity index is 0.000000810. The van der Waals surface area contributed by atoms with Gasteiger partial charge in [-0.3, -0.25) is 4.79 Å². The van der Waals surface area contributed by atoms with Crippen molar-refractivity contribution < 1.29 is 53.9 Å². The maximum atomic E-state index is 11.3. The summed E-state index contributed by atoms with van der Waals surface area (Å²) < 4.78 is 31.6. The molecule has 4 saturated heterocycles. The number of aliphatic hydroxyl groups excluding tert-OH is 1. The Morgan fingerprint density at radius 3 is 1.75 bits per heavy atom. The van der Waals surface area contributed by atoms with Crippen molar-refractivity contribution in [3.63, 3.8) is 0 Å². The summed E-state index contributed by atoms with van der Waals surface area (Å²) in [5.41, 5.74) is -0.405. The van der Waals surface area contributed by atoms with E-state index in [1.54, 1.807) is 0 Å². The minimum absolute atomic E-state index is 0. The van der Waals surface area contributed by atoms with E-state index in [1.807, 2.05) is 13.8 Å². The molecule has 0 spiro atoms. The van der Waals surface area contributed by atoms with Gasteiger partial charge in [0.15, 0.2) is 0 Å². The number of alkyl halides is 2. The van der Waals surface area contributed by atoms with Gasteiger partial charge in [-0.2, -0.15) is 0 Å². The molecular weight excluding hydrogens is 784 g/mol. The number of carbonyl (C=O) groups excluding carboxylic acids is 1. The fourth-order valence-electron chi connectivity index (χ4n) is 6.79. The summed E-state index contributed by atoms with van der Waals surface area (Å²) in [6, 6.07) is 0.0422. The van der Waals surface area contributed by atoms with Crippen LogP contribution in [0.15, 0.2) is 0 Å². The molecule has 0 aromatic carbocycles. The van der Waals surface area contributed by atoms with E-state index in [0.29, 0.717) is 12.8 Å². The van der Waals surface area contributed by atoms with Gasteiger partial charge in [-0.1, -0.05) is 45.2 Å². The van der Waals surface area contributed by atoms with E-state index in [4.69, 9.17) is 41.9 Å². The van der Waals surface area contributed by atoms with Crippen molar-refractivity contribution in [2.45, 2.75) is 151 Å². The number of hydrogen-bond donors (Lipinski definition) is 1. The molecule has 4 aliphatic heterocycles. The molecule has 0 amide bonds. The Hall–Kier alpha value is 0.372. The molecule has 4 heterocycles. The van der Waals surface area contributed by atoms with Crippen molar-refractivity contribution in [2.75, 3.05) is 22.6 Å². The zero-order valence-corrected chi connectivity index (χ0v) is 31.2. The Labute approximate surface area is 307 Å². The van der Waals surface area contributed by atoms with E-state index < -0.39 is 0 Å². The number of ether oxygens (including phenoxy) is 5. The maximum absolute atomic E-state index is 11.3. The first kappa shape index (κ1) is 42.4. The topological polar surface area (TPSA) is 92.2 Å². The van der Waals surface area contributed by atoms with Crippen LogP contribution in [0.25, 0.3) is 9.69 Å². The molecule has 243 valence electrons. The van der Waals surface area contributed by atoms with Crippen LogP contribution in [0.2, 0.25) is 0 Å². The van der Waals surface area contributed by atoms with Crippen molar-refractivity contribution in [2.24, 2.45) is 0 Å². The van der Waals surface area contributed by atoms with Gasteiger partial charge in [0.05, 0.1) is 43.7 Å². The van der Waals surface area contributed by atoms with Crippen molar-refractivity contribution in [1.82, 2.24) is 0 Å². The normalized spacial score (nSPS) is 35.1. The molecule has 0 aromatic rings. The van der Waals surface area contributed by atoms with Crippen LogP contribution in [-0.2, 0) is 28.5 Å². The number of aliphatic hydroxyl groups is 1. The number of methoxy groups -OCH3 is 1. The third kappa shape index (κ3) is 11.5. The van der Waals surface area contributed by atoms with Crippen LogP contribution in [-0.4, -0.2) is 102 Å². The number of hydrogen-bond acceptors (Lipinski definition) is 7. The van der Waals surface area contributed by atoms with E-state index in [9.17, 15) is 4.79 Å². The van der Waals surface area contributed by atoms with Gasteiger partial charge >= 0.3 is 24.8 Å². The van der Waals surface area contributed by atoms with Crippen LogP contribution in [0.1, 0.15) is 92.3 Å². The van der Waals surface area contributed by atoms with Crippen LogP contribution < -0.4 is 18.9 Å². The summed E-state index contributed by atoms with van der Waals surface area (Å²) in [6.45, 7) is 18.4. The van der Waals surface area contributed by atoms with Crippen molar-refractivity contribution in [1.29, 1.82) is 0 Å². The maximum Gasteiger partial charge on any atom is 1.00 e. The smallest absolute Gasteiger partial charge is 1.00 e. The van der Waals surface area contributed by atoms with E-state index in [-0.39, 0.29) is 101 Å². The van der Waals surface area contributed by atoms with E-state index in [0.717, 1.165) is 73.1 Å². The van der Waals surface area contributed by atoms with Gasteiger partial charge in [0.1, 0.15) is 11.2 Å². The van der Waals surface area contributed by atoms with E-state index >= 15 is 0 Å². The molecule has 4 fully saturated rings. The van der Waals surface area contributed by atoms with Crippen molar-refractivity contribution in [3.8, 4) is 0 Å². The minimum atomic E-state index is -0.244. The number of carbonyl (C=O) groups is 1. The van der Waals surface area contributed by atoms with Gasteiger partial charge in [0.25, 0.3) is 0 Å². The predicted octanol–water partition coefficient (Wildman–Crippen LogP) is 2.85. The molecular formula is C31H49BI2LiN2O7. The zero-order chi connectivity index (χ0) is 30.8. The first-order valence-electron chi connectivity index (χ1n) is 15.4. The van der Waals surface area contributed by atoms with Crippen LogP contribution >= 0.6 is 45.2 Å². The first-order valence-corrected chi connectivity index (χ1v) is 18.4. The van der Waals surface area contributed by atoms with Crippen LogP contribution in [0, 0.1) is 13.1 Å². The fraction of sp³-hybridized carbons (Fsp3) is 0.903. The third-order valence-corrected chi connectivity index (χ3v) is 11.6. The molecule has 4 rings (SSSR count). The molecule has 44 heavy (non-hydrogen) atoms. The fourth-order valence-corrected chi connectivity index (χ4v) is 8.76. The number of nitrogens with zero attached hydrogens (tertiary/aromatic N) is 2. The summed E-state index contributed by atoms with van der Waals surface area (Å²) in [5.74, 6) is -0.188. The van der Waals surface area contributed by atoms with Crippen LogP contribution in [0.3, 0.4) is 0 Å². The van der Waals surface area contributed by atoms with Crippen LogP contribution in [0.4, 0.5) is 0 Å². The molecule has 1 N–H and O–H groups in total. The molecule has 10 atom stereocenters. The predicted molar refractivity (Wildman–Crippen MR) is 184 cm³/mol. The van der Waals surface area contributed by atoms with Gasteiger partial charge in [-0.05, 0) is 44.9 Å². The monoisotopic (exact) mass is 833 g/mol. The second kappa shape index (κ2) is 20.7. The summed E-state index contributed by atoms with van der Waals surface area (Å²) >= 11 is 4.77. The molecule has 3 radical (unpaired) electrons. The average Bonchev–Trinajstić information content (AvgIpc) is 3.57. The number of fused-ring (bicyclic) bond motifs is 2. The number of esters is 1. The van der Waals surface area contributed by atoms with E-state index in [1.165, 1.54) is 7.11 Å². The summed E-state index contributed by atoms with van der Waals surface area (Å²) in [7, 11) is 1.41. The molecule has 0 unspecified atom stereocenters.